The van der Waals surface area contributed by atoms with Crippen LogP contribution in [0, 0.1) is 12.3 Å². The van der Waals surface area contributed by atoms with Gasteiger partial charge in [0.1, 0.15) is 6.61 Å². The van der Waals surface area contributed by atoms with Gasteiger partial charge in [-0.05, 0) is 6.08 Å². The van der Waals surface area contributed by atoms with Crippen molar-refractivity contribution in [2.24, 2.45) is 0 Å². The molecule has 0 atom stereocenters. The summed E-state index contributed by atoms with van der Waals surface area (Å²) in [5, 5.41) is 5.15. The number of nitrogens with one attached hydrogen (secondary N) is 2. The maximum atomic E-state index is 11.1. The molecule has 0 aliphatic rings. The molecule has 0 aliphatic carbocycles. The summed E-state index contributed by atoms with van der Waals surface area (Å²) in [5.41, 5.74) is 0. The number of ether oxygens (including phenoxy) is 1. The highest BCUT2D eigenvalue weighted by atomic mass is 16.5. The fraction of sp³-hybridized carbons (Fsp3) is 0.455. The molecule has 0 unspecified atom stereocenters. The second-order valence-corrected chi connectivity index (χ2v) is 2.85. The van der Waals surface area contributed by atoms with Crippen molar-refractivity contribution in [2.75, 3.05) is 26.3 Å². The zero-order valence-electron chi connectivity index (χ0n) is 9.12. The normalized spacial score (nSPS) is 8.94. The molecule has 0 bridgehead atoms. The van der Waals surface area contributed by atoms with E-state index in [1.54, 1.807) is 0 Å². The van der Waals surface area contributed by atoms with E-state index < -0.39 is 0 Å². The number of amides is 2. The van der Waals surface area contributed by atoms with Gasteiger partial charge in [0, 0.05) is 13.1 Å². The SMILES string of the molecule is C#CCOCCC(=O)NCCNC(=O)C=C. The Balaban J connectivity index is 3.34. The molecule has 0 aromatic heterocycles. The van der Waals surface area contributed by atoms with Crippen molar-refractivity contribution in [3.05, 3.63) is 12.7 Å². The second kappa shape index (κ2) is 9.74. The number of hydrogen-bond donors (Lipinski definition) is 2. The molecule has 0 aliphatic heterocycles. The summed E-state index contributed by atoms with van der Waals surface area (Å²) in [6.45, 7) is 4.57. The highest BCUT2D eigenvalue weighted by Gasteiger charge is 2.00. The molecule has 0 spiro atoms. The predicted molar refractivity (Wildman–Crippen MR) is 60.5 cm³/mol. The minimum absolute atomic E-state index is 0.134. The molecule has 5 heteroatoms. The molecule has 88 valence electrons. The molecule has 0 aromatic rings. The van der Waals surface area contributed by atoms with Crippen molar-refractivity contribution in [3.63, 3.8) is 0 Å². The maximum Gasteiger partial charge on any atom is 0.243 e. The number of carbonyl (C=O) groups is 2. The van der Waals surface area contributed by atoms with Crippen LogP contribution >= 0.6 is 0 Å². The zero-order valence-corrected chi connectivity index (χ0v) is 9.12. The minimum Gasteiger partial charge on any atom is -0.368 e. The molecular formula is C11H16N2O3. The summed E-state index contributed by atoms with van der Waals surface area (Å²) in [4.78, 5) is 21.9. The quantitative estimate of drug-likeness (QED) is 0.330. The third kappa shape index (κ3) is 8.78. The molecule has 0 fully saturated rings. The van der Waals surface area contributed by atoms with E-state index in [9.17, 15) is 9.59 Å². The topological polar surface area (TPSA) is 67.4 Å². The Hall–Kier alpha value is -1.80. The molecule has 0 radical (unpaired) electrons. The van der Waals surface area contributed by atoms with Crippen LogP contribution in [0.3, 0.4) is 0 Å². The van der Waals surface area contributed by atoms with Crippen LogP contribution in [0.5, 0.6) is 0 Å². The van der Waals surface area contributed by atoms with Crippen molar-refractivity contribution >= 4 is 11.8 Å². The Bertz CT molecular complexity index is 281. The first-order chi connectivity index (χ1) is 7.70. The first-order valence-electron chi connectivity index (χ1n) is 4.89. The molecule has 0 saturated heterocycles. The fourth-order valence-electron chi connectivity index (χ4n) is 0.844. The number of rotatable bonds is 8. The summed E-state index contributed by atoms with van der Waals surface area (Å²) in [6.07, 6.45) is 6.40. The monoisotopic (exact) mass is 224 g/mol. The Morgan fingerprint density at radius 1 is 1.38 bits per heavy atom. The van der Waals surface area contributed by atoms with E-state index in [4.69, 9.17) is 11.2 Å². The van der Waals surface area contributed by atoms with Gasteiger partial charge >= 0.3 is 0 Å². The molecule has 16 heavy (non-hydrogen) atoms. The average Bonchev–Trinajstić information content (AvgIpc) is 2.30. The summed E-state index contributed by atoms with van der Waals surface area (Å²) in [5.74, 6) is 1.91. The van der Waals surface area contributed by atoms with Gasteiger partial charge in [0.2, 0.25) is 11.8 Å². The van der Waals surface area contributed by atoms with Crippen LogP contribution < -0.4 is 10.6 Å². The third-order valence-electron chi connectivity index (χ3n) is 1.59. The standard InChI is InChI=1S/C11H16N2O3/c1-3-8-16-9-5-11(15)13-7-6-12-10(14)4-2/h1,4H,2,5-9H2,(H,12,14)(H,13,15). The minimum atomic E-state index is -0.258. The van der Waals surface area contributed by atoms with Gasteiger partial charge in [-0.2, -0.15) is 0 Å². The summed E-state index contributed by atoms with van der Waals surface area (Å²) < 4.78 is 4.94. The van der Waals surface area contributed by atoms with Crippen molar-refractivity contribution < 1.29 is 14.3 Å². The maximum absolute atomic E-state index is 11.1. The largest absolute Gasteiger partial charge is 0.368 e. The highest BCUT2D eigenvalue weighted by Crippen LogP contribution is 1.82. The number of terminal acetylenes is 1. The molecular weight excluding hydrogens is 208 g/mol. The van der Waals surface area contributed by atoms with Crippen LogP contribution in [0.2, 0.25) is 0 Å². The second-order valence-electron chi connectivity index (χ2n) is 2.85. The summed E-state index contributed by atoms with van der Waals surface area (Å²) in [6, 6.07) is 0. The van der Waals surface area contributed by atoms with E-state index in [0.717, 1.165) is 0 Å². The first kappa shape index (κ1) is 14.2. The van der Waals surface area contributed by atoms with Gasteiger partial charge in [0.25, 0.3) is 0 Å². The Morgan fingerprint density at radius 3 is 2.69 bits per heavy atom. The average molecular weight is 224 g/mol. The van der Waals surface area contributed by atoms with Crippen molar-refractivity contribution in [1.82, 2.24) is 10.6 Å². The van der Waals surface area contributed by atoms with E-state index in [0.29, 0.717) is 19.7 Å². The highest BCUT2D eigenvalue weighted by molar-refractivity contribution is 5.86. The van der Waals surface area contributed by atoms with Crippen LogP contribution in [0.15, 0.2) is 12.7 Å². The van der Waals surface area contributed by atoms with Gasteiger partial charge in [0.05, 0.1) is 13.0 Å². The van der Waals surface area contributed by atoms with Crippen molar-refractivity contribution in [1.29, 1.82) is 0 Å². The van der Waals surface area contributed by atoms with Gasteiger partial charge < -0.3 is 15.4 Å². The lowest BCUT2D eigenvalue weighted by Crippen LogP contribution is -2.34. The Labute approximate surface area is 95.2 Å². The van der Waals surface area contributed by atoms with Crippen molar-refractivity contribution in [3.8, 4) is 12.3 Å². The van der Waals surface area contributed by atoms with E-state index in [2.05, 4.69) is 23.1 Å². The van der Waals surface area contributed by atoms with Crippen LogP contribution in [0.25, 0.3) is 0 Å². The first-order valence-corrected chi connectivity index (χ1v) is 4.89. The zero-order chi connectivity index (χ0) is 12.2. The molecule has 5 nitrogen and oxygen atoms in total. The van der Waals surface area contributed by atoms with Crippen LogP contribution in [0.1, 0.15) is 6.42 Å². The molecule has 2 amide bonds. The number of carbonyl (C=O) groups excluding carboxylic acids is 2. The Morgan fingerprint density at radius 2 is 2.06 bits per heavy atom. The van der Waals surface area contributed by atoms with E-state index >= 15 is 0 Å². The smallest absolute Gasteiger partial charge is 0.243 e. The van der Waals surface area contributed by atoms with Gasteiger partial charge in [-0.1, -0.05) is 12.5 Å². The Kier molecular flexibility index (Phi) is 8.65. The summed E-state index contributed by atoms with van der Waals surface area (Å²) >= 11 is 0. The van der Waals surface area contributed by atoms with E-state index in [1.165, 1.54) is 6.08 Å². The fourth-order valence-corrected chi connectivity index (χ4v) is 0.844. The van der Waals surface area contributed by atoms with Crippen LogP contribution in [-0.2, 0) is 14.3 Å². The molecule has 0 rings (SSSR count). The van der Waals surface area contributed by atoms with Crippen molar-refractivity contribution in [2.45, 2.75) is 6.42 Å². The summed E-state index contributed by atoms with van der Waals surface area (Å²) in [7, 11) is 0. The van der Waals surface area contributed by atoms with Crippen LogP contribution in [-0.4, -0.2) is 38.1 Å². The predicted octanol–water partition coefficient (Wildman–Crippen LogP) is -0.555. The molecule has 0 heterocycles. The lowest BCUT2D eigenvalue weighted by Gasteiger charge is -2.05. The lowest BCUT2D eigenvalue weighted by atomic mass is 10.4. The van der Waals surface area contributed by atoms with Gasteiger partial charge in [0.15, 0.2) is 0 Å². The molecule has 0 aromatic carbocycles. The van der Waals surface area contributed by atoms with Gasteiger partial charge in [-0.3, -0.25) is 9.59 Å². The van der Waals surface area contributed by atoms with Gasteiger partial charge in [-0.15, -0.1) is 6.42 Å². The van der Waals surface area contributed by atoms with Crippen LogP contribution in [0.4, 0.5) is 0 Å². The lowest BCUT2D eigenvalue weighted by molar-refractivity contribution is -0.122. The number of hydrogen-bond acceptors (Lipinski definition) is 3. The van der Waals surface area contributed by atoms with Gasteiger partial charge in [-0.25, -0.2) is 0 Å². The molecule has 0 saturated carbocycles. The third-order valence-corrected chi connectivity index (χ3v) is 1.59. The molecule has 2 N–H and O–H groups in total. The van der Waals surface area contributed by atoms with E-state index in [-0.39, 0.29) is 24.8 Å². The van der Waals surface area contributed by atoms with E-state index in [1.807, 2.05) is 0 Å².